The number of nitrogens with zero attached hydrogens (tertiary/aromatic N) is 4. The predicted molar refractivity (Wildman–Crippen MR) is 66.2 cm³/mol. The minimum absolute atomic E-state index is 0.0228. The molecule has 2 rings (SSSR count). The Balaban J connectivity index is 2.46. The van der Waals surface area contributed by atoms with Crippen LogP contribution in [0.25, 0.3) is 0 Å². The molecule has 0 aliphatic carbocycles. The standard InChI is InChI=1S/C10H9N5O2S/c1-6-8(15(16)17)9(14-10(11)13-6)18-7-2-4-12-5-3-7/h2-5H,1H3,(H2,11,13,14). The second-order valence-corrected chi connectivity index (χ2v) is 4.43. The van der Waals surface area contributed by atoms with Crippen LogP contribution >= 0.6 is 11.8 Å². The molecule has 0 bridgehead atoms. The molecule has 0 atom stereocenters. The molecule has 7 nitrogen and oxygen atoms in total. The van der Waals surface area contributed by atoms with Gasteiger partial charge in [0.05, 0.1) is 4.92 Å². The first-order valence-corrected chi connectivity index (χ1v) is 5.76. The first-order valence-electron chi connectivity index (χ1n) is 4.94. The van der Waals surface area contributed by atoms with E-state index in [1.807, 2.05) is 0 Å². The SMILES string of the molecule is Cc1nc(N)nc(Sc2ccncc2)c1[N+](=O)[O-]. The van der Waals surface area contributed by atoms with Gasteiger partial charge < -0.3 is 5.73 Å². The van der Waals surface area contributed by atoms with Crippen molar-refractivity contribution in [3.8, 4) is 0 Å². The number of aryl methyl sites for hydroxylation is 1. The van der Waals surface area contributed by atoms with Crippen LogP contribution in [0.1, 0.15) is 5.69 Å². The molecule has 18 heavy (non-hydrogen) atoms. The zero-order valence-corrected chi connectivity index (χ0v) is 10.2. The molecule has 2 aromatic rings. The van der Waals surface area contributed by atoms with Crippen molar-refractivity contribution in [3.63, 3.8) is 0 Å². The molecule has 0 aromatic carbocycles. The van der Waals surface area contributed by atoms with Crippen LogP contribution in [0.4, 0.5) is 11.6 Å². The predicted octanol–water partition coefficient (Wildman–Crippen LogP) is 1.82. The van der Waals surface area contributed by atoms with Gasteiger partial charge in [-0.25, -0.2) is 4.98 Å². The maximum Gasteiger partial charge on any atom is 0.322 e. The van der Waals surface area contributed by atoms with E-state index in [-0.39, 0.29) is 22.4 Å². The summed E-state index contributed by atoms with van der Waals surface area (Å²) in [6.07, 6.45) is 3.21. The summed E-state index contributed by atoms with van der Waals surface area (Å²) in [5.41, 5.74) is 5.65. The Hall–Kier alpha value is -2.22. The van der Waals surface area contributed by atoms with Gasteiger partial charge in [0, 0.05) is 17.3 Å². The molecule has 2 N–H and O–H groups in total. The van der Waals surface area contributed by atoms with Crippen LogP contribution in [0.15, 0.2) is 34.4 Å². The highest BCUT2D eigenvalue weighted by Gasteiger charge is 2.22. The van der Waals surface area contributed by atoms with Gasteiger partial charge in [-0.15, -0.1) is 0 Å². The number of hydrogen-bond acceptors (Lipinski definition) is 7. The van der Waals surface area contributed by atoms with Gasteiger partial charge in [-0.1, -0.05) is 11.8 Å². The summed E-state index contributed by atoms with van der Waals surface area (Å²) in [5.74, 6) is 0.0228. The Kier molecular flexibility index (Phi) is 3.38. The summed E-state index contributed by atoms with van der Waals surface area (Å²) in [7, 11) is 0. The molecule has 0 aliphatic rings. The monoisotopic (exact) mass is 263 g/mol. The van der Waals surface area contributed by atoms with Crippen LogP contribution in [0.3, 0.4) is 0 Å². The summed E-state index contributed by atoms with van der Waals surface area (Å²) in [6.45, 7) is 1.53. The average Bonchev–Trinajstić information content (AvgIpc) is 2.28. The van der Waals surface area contributed by atoms with Crippen LogP contribution in [-0.4, -0.2) is 19.9 Å². The third-order valence-corrected chi connectivity index (χ3v) is 3.08. The number of aromatic nitrogens is 3. The number of anilines is 1. The third-order valence-electron chi connectivity index (χ3n) is 2.09. The van der Waals surface area contributed by atoms with E-state index in [2.05, 4.69) is 15.0 Å². The topological polar surface area (TPSA) is 108 Å². The van der Waals surface area contributed by atoms with Crippen LogP contribution in [0, 0.1) is 17.0 Å². The molecule has 0 spiro atoms. The lowest BCUT2D eigenvalue weighted by Gasteiger charge is -2.04. The lowest BCUT2D eigenvalue weighted by atomic mass is 10.4. The second kappa shape index (κ2) is 4.96. The highest BCUT2D eigenvalue weighted by molar-refractivity contribution is 7.99. The summed E-state index contributed by atoms with van der Waals surface area (Å²) in [4.78, 5) is 22.9. The van der Waals surface area contributed by atoms with E-state index < -0.39 is 4.92 Å². The van der Waals surface area contributed by atoms with Crippen LogP contribution in [0.5, 0.6) is 0 Å². The highest BCUT2D eigenvalue weighted by Crippen LogP contribution is 2.34. The molecule has 0 aliphatic heterocycles. The lowest BCUT2D eigenvalue weighted by Crippen LogP contribution is -2.03. The minimum atomic E-state index is -0.502. The molecule has 8 heteroatoms. The maximum atomic E-state index is 11.0. The zero-order chi connectivity index (χ0) is 13.1. The molecule has 0 amide bonds. The van der Waals surface area contributed by atoms with Gasteiger partial charge in [0.1, 0.15) is 5.69 Å². The quantitative estimate of drug-likeness (QED) is 0.511. The number of pyridine rings is 1. The van der Waals surface area contributed by atoms with Crippen LogP contribution < -0.4 is 5.73 Å². The Morgan fingerprint density at radius 3 is 2.61 bits per heavy atom. The summed E-state index contributed by atoms with van der Waals surface area (Å²) >= 11 is 1.16. The fourth-order valence-electron chi connectivity index (χ4n) is 1.36. The van der Waals surface area contributed by atoms with Crippen molar-refractivity contribution in [3.05, 3.63) is 40.3 Å². The Morgan fingerprint density at radius 1 is 1.33 bits per heavy atom. The third kappa shape index (κ3) is 2.54. The maximum absolute atomic E-state index is 11.0. The molecule has 0 fully saturated rings. The molecule has 0 unspecified atom stereocenters. The number of rotatable bonds is 3. The number of nitrogen functional groups attached to an aromatic ring is 1. The Labute approximate surface area is 107 Å². The van der Waals surface area contributed by atoms with Crippen molar-refractivity contribution in [2.45, 2.75) is 16.8 Å². The fraction of sp³-hybridized carbons (Fsp3) is 0.100. The van der Waals surface area contributed by atoms with Gasteiger partial charge in [-0.2, -0.15) is 4.98 Å². The summed E-state index contributed by atoms with van der Waals surface area (Å²) < 4.78 is 0. The minimum Gasteiger partial charge on any atom is -0.368 e. The molecule has 92 valence electrons. The highest BCUT2D eigenvalue weighted by atomic mass is 32.2. The number of nitrogens with two attached hydrogens (primary N) is 1. The number of nitro groups is 1. The normalized spacial score (nSPS) is 10.3. The van der Waals surface area contributed by atoms with E-state index in [1.165, 1.54) is 6.92 Å². The van der Waals surface area contributed by atoms with Gasteiger partial charge >= 0.3 is 5.69 Å². The molecule has 0 saturated heterocycles. The first kappa shape index (κ1) is 12.2. The Bertz CT molecular complexity index is 590. The molecule has 0 radical (unpaired) electrons. The van der Waals surface area contributed by atoms with Crippen molar-refractivity contribution < 1.29 is 4.92 Å². The van der Waals surface area contributed by atoms with Gasteiger partial charge in [-0.3, -0.25) is 15.1 Å². The zero-order valence-electron chi connectivity index (χ0n) is 9.40. The van der Waals surface area contributed by atoms with E-state index in [0.717, 1.165) is 16.7 Å². The lowest BCUT2D eigenvalue weighted by molar-refractivity contribution is -0.389. The molecule has 0 saturated carbocycles. The second-order valence-electron chi connectivity index (χ2n) is 3.36. The Morgan fingerprint density at radius 2 is 2.00 bits per heavy atom. The van der Waals surface area contributed by atoms with Gasteiger partial charge in [0.15, 0.2) is 5.03 Å². The van der Waals surface area contributed by atoms with Crippen molar-refractivity contribution in [1.29, 1.82) is 0 Å². The van der Waals surface area contributed by atoms with Gasteiger partial charge in [-0.05, 0) is 19.1 Å². The largest absolute Gasteiger partial charge is 0.368 e. The van der Waals surface area contributed by atoms with Crippen molar-refractivity contribution >= 4 is 23.4 Å². The number of hydrogen-bond donors (Lipinski definition) is 1. The first-order chi connectivity index (χ1) is 8.58. The molecule has 2 aromatic heterocycles. The summed E-state index contributed by atoms with van der Waals surface area (Å²) in [6, 6.07) is 3.48. The van der Waals surface area contributed by atoms with Crippen molar-refractivity contribution in [2.75, 3.05) is 5.73 Å². The summed E-state index contributed by atoms with van der Waals surface area (Å²) in [5, 5.41) is 11.2. The molecular weight excluding hydrogens is 254 g/mol. The molecule has 2 heterocycles. The van der Waals surface area contributed by atoms with E-state index in [4.69, 9.17) is 5.73 Å². The average molecular weight is 263 g/mol. The van der Waals surface area contributed by atoms with E-state index in [1.54, 1.807) is 24.5 Å². The fourth-order valence-corrected chi connectivity index (χ4v) is 2.30. The van der Waals surface area contributed by atoms with Gasteiger partial charge in [0.2, 0.25) is 5.95 Å². The van der Waals surface area contributed by atoms with Gasteiger partial charge in [0.25, 0.3) is 0 Å². The van der Waals surface area contributed by atoms with Crippen LogP contribution in [0.2, 0.25) is 0 Å². The van der Waals surface area contributed by atoms with E-state index >= 15 is 0 Å². The smallest absolute Gasteiger partial charge is 0.322 e. The van der Waals surface area contributed by atoms with Crippen molar-refractivity contribution in [2.24, 2.45) is 0 Å². The van der Waals surface area contributed by atoms with Crippen molar-refractivity contribution in [1.82, 2.24) is 15.0 Å². The molecular formula is C10H9N5O2S. The van der Waals surface area contributed by atoms with E-state index in [0.29, 0.717) is 0 Å². The van der Waals surface area contributed by atoms with Crippen LogP contribution in [-0.2, 0) is 0 Å². The van der Waals surface area contributed by atoms with E-state index in [9.17, 15) is 10.1 Å².